The van der Waals surface area contributed by atoms with Crippen molar-refractivity contribution < 1.29 is 23.8 Å². The number of hydrogen-bond acceptors (Lipinski definition) is 3. The highest BCUT2D eigenvalue weighted by Crippen LogP contribution is 2.29. The van der Waals surface area contributed by atoms with E-state index in [4.69, 9.17) is 14.6 Å². The maximum absolute atomic E-state index is 12.9. The third kappa shape index (κ3) is 2.49. The average Bonchev–Trinajstić information content (AvgIpc) is 2.58. The molecule has 0 bridgehead atoms. The number of benzene rings is 1. The Hall–Kier alpha value is -1.62. The molecule has 0 amide bonds. The van der Waals surface area contributed by atoms with Crippen molar-refractivity contribution in [2.24, 2.45) is 0 Å². The van der Waals surface area contributed by atoms with Crippen LogP contribution in [0.15, 0.2) is 18.2 Å². The molecule has 1 aliphatic heterocycles. The zero-order valence-corrected chi connectivity index (χ0v) is 8.48. The van der Waals surface area contributed by atoms with Gasteiger partial charge in [-0.05, 0) is 18.2 Å². The van der Waals surface area contributed by atoms with Crippen molar-refractivity contribution >= 4 is 5.97 Å². The highest BCUT2D eigenvalue weighted by Gasteiger charge is 2.23. The van der Waals surface area contributed by atoms with Gasteiger partial charge in [-0.15, -0.1) is 0 Å². The summed E-state index contributed by atoms with van der Waals surface area (Å²) >= 11 is 0. The fourth-order valence-electron chi connectivity index (χ4n) is 1.66. The van der Waals surface area contributed by atoms with Gasteiger partial charge in [0.15, 0.2) is 0 Å². The van der Waals surface area contributed by atoms with Crippen molar-refractivity contribution in [2.75, 3.05) is 13.2 Å². The van der Waals surface area contributed by atoms with E-state index in [0.29, 0.717) is 12.2 Å². The van der Waals surface area contributed by atoms with Gasteiger partial charge in [0.05, 0.1) is 6.61 Å². The summed E-state index contributed by atoms with van der Waals surface area (Å²) in [6, 6.07) is 4.33. The lowest BCUT2D eigenvalue weighted by molar-refractivity contribution is -0.142. The van der Waals surface area contributed by atoms with Crippen LogP contribution < -0.4 is 4.74 Å². The SMILES string of the molecule is O=C(O)COCC1Cc2cc(F)ccc2O1. The normalized spacial score (nSPS) is 17.9. The minimum atomic E-state index is -1.01. The molecule has 16 heavy (non-hydrogen) atoms. The molecule has 0 saturated heterocycles. The second-order valence-electron chi connectivity index (χ2n) is 3.60. The Labute approximate surface area is 91.6 Å². The molecule has 1 aromatic carbocycles. The summed E-state index contributed by atoms with van der Waals surface area (Å²) in [5.41, 5.74) is 0.795. The van der Waals surface area contributed by atoms with Crippen LogP contribution in [0.3, 0.4) is 0 Å². The smallest absolute Gasteiger partial charge is 0.329 e. The van der Waals surface area contributed by atoms with Gasteiger partial charge in [-0.1, -0.05) is 0 Å². The van der Waals surface area contributed by atoms with Crippen molar-refractivity contribution in [3.63, 3.8) is 0 Å². The molecule has 5 heteroatoms. The average molecular weight is 226 g/mol. The molecule has 4 nitrogen and oxygen atoms in total. The van der Waals surface area contributed by atoms with E-state index in [9.17, 15) is 9.18 Å². The minimum absolute atomic E-state index is 0.197. The second kappa shape index (κ2) is 4.49. The zero-order valence-electron chi connectivity index (χ0n) is 8.48. The zero-order chi connectivity index (χ0) is 11.5. The molecule has 1 aromatic rings. The van der Waals surface area contributed by atoms with Gasteiger partial charge in [0.25, 0.3) is 0 Å². The van der Waals surface area contributed by atoms with Gasteiger partial charge >= 0.3 is 5.97 Å². The van der Waals surface area contributed by atoms with Crippen LogP contribution in [0.1, 0.15) is 5.56 Å². The molecule has 1 unspecified atom stereocenters. The Bertz CT molecular complexity index is 405. The Balaban J connectivity index is 1.88. The van der Waals surface area contributed by atoms with Crippen molar-refractivity contribution in [3.8, 4) is 5.75 Å². The largest absolute Gasteiger partial charge is 0.487 e. The molecule has 1 aliphatic rings. The van der Waals surface area contributed by atoms with E-state index in [2.05, 4.69) is 0 Å². The Morgan fingerprint density at radius 1 is 1.62 bits per heavy atom. The van der Waals surface area contributed by atoms with Crippen molar-refractivity contribution in [1.29, 1.82) is 0 Å². The van der Waals surface area contributed by atoms with Crippen LogP contribution in [0.5, 0.6) is 5.75 Å². The number of hydrogen-bond donors (Lipinski definition) is 1. The standard InChI is InChI=1S/C11H11FO4/c12-8-1-2-10-7(3-8)4-9(16-10)5-15-6-11(13)14/h1-3,9H,4-6H2,(H,13,14). The lowest BCUT2D eigenvalue weighted by Gasteiger charge is -2.09. The lowest BCUT2D eigenvalue weighted by Crippen LogP contribution is -2.22. The maximum Gasteiger partial charge on any atom is 0.329 e. The summed E-state index contributed by atoms with van der Waals surface area (Å²) in [5.74, 6) is -0.665. The van der Waals surface area contributed by atoms with Gasteiger partial charge in [-0.3, -0.25) is 0 Å². The highest BCUT2D eigenvalue weighted by atomic mass is 19.1. The fourth-order valence-corrected chi connectivity index (χ4v) is 1.66. The van der Waals surface area contributed by atoms with Crippen LogP contribution in [0, 0.1) is 5.82 Å². The molecule has 0 aliphatic carbocycles. The van der Waals surface area contributed by atoms with Gasteiger partial charge in [-0.2, -0.15) is 0 Å². The van der Waals surface area contributed by atoms with Crippen LogP contribution in [-0.2, 0) is 16.0 Å². The molecular formula is C11H11FO4. The molecule has 0 spiro atoms. The number of carbonyl (C=O) groups is 1. The van der Waals surface area contributed by atoms with Crippen LogP contribution in [0.2, 0.25) is 0 Å². The molecule has 1 atom stereocenters. The van der Waals surface area contributed by atoms with Gasteiger partial charge in [0.1, 0.15) is 24.3 Å². The number of fused-ring (bicyclic) bond motifs is 1. The monoisotopic (exact) mass is 226 g/mol. The number of carboxylic acid groups (broad SMARTS) is 1. The summed E-state index contributed by atoms with van der Waals surface area (Å²) in [4.78, 5) is 10.2. The first-order chi connectivity index (χ1) is 7.65. The van der Waals surface area contributed by atoms with Crippen LogP contribution in [0.25, 0.3) is 0 Å². The first kappa shape index (κ1) is 10.9. The predicted molar refractivity (Wildman–Crippen MR) is 53.0 cm³/mol. The third-order valence-electron chi connectivity index (χ3n) is 2.29. The van der Waals surface area contributed by atoms with E-state index in [0.717, 1.165) is 5.56 Å². The number of rotatable bonds is 4. The fraction of sp³-hybridized carbons (Fsp3) is 0.364. The Kier molecular flexibility index (Phi) is 3.05. The van der Waals surface area contributed by atoms with Gasteiger partial charge in [0.2, 0.25) is 0 Å². The highest BCUT2D eigenvalue weighted by molar-refractivity contribution is 5.67. The molecule has 0 radical (unpaired) electrons. The third-order valence-corrected chi connectivity index (χ3v) is 2.29. The summed E-state index contributed by atoms with van der Waals surface area (Å²) in [7, 11) is 0. The van der Waals surface area contributed by atoms with Crippen molar-refractivity contribution in [3.05, 3.63) is 29.6 Å². The number of ether oxygens (including phenoxy) is 2. The summed E-state index contributed by atoms with van der Waals surface area (Å²) in [5, 5.41) is 8.38. The van der Waals surface area contributed by atoms with Crippen molar-refractivity contribution in [2.45, 2.75) is 12.5 Å². The quantitative estimate of drug-likeness (QED) is 0.838. The van der Waals surface area contributed by atoms with E-state index in [-0.39, 0.29) is 25.1 Å². The van der Waals surface area contributed by atoms with Crippen LogP contribution in [0.4, 0.5) is 4.39 Å². The maximum atomic E-state index is 12.9. The van der Waals surface area contributed by atoms with Crippen molar-refractivity contribution in [1.82, 2.24) is 0 Å². The van der Waals surface area contributed by atoms with Gasteiger partial charge < -0.3 is 14.6 Å². The van der Waals surface area contributed by atoms with Crippen LogP contribution >= 0.6 is 0 Å². The topological polar surface area (TPSA) is 55.8 Å². The number of carboxylic acids is 1. The lowest BCUT2D eigenvalue weighted by atomic mass is 10.1. The number of halogens is 1. The van der Waals surface area contributed by atoms with E-state index in [1.165, 1.54) is 12.1 Å². The molecule has 0 aromatic heterocycles. The second-order valence-corrected chi connectivity index (χ2v) is 3.60. The molecule has 0 saturated carbocycles. The summed E-state index contributed by atoms with van der Waals surface area (Å²) < 4.78 is 23.3. The first-order valence-electron chi connectivity index (χ1n) is 4.90. The molecule has 0 fully saturated rings. The summed E-state index contributed by atoms with van der Waals surface area (Å²) in [6.07, 6.45) is 0.323. The Morgan fingerprint density at radius 3 is 3.19 bits per heavy atom. The molecular weight excluding hydrogens is 215 g/mol. The molecule has 1 heterocycles. The van der Waals surface area contributed by atoms with E-state index in [1.54, 1.807) is 6.07 Å². The predicted octanol–water partition coefficient (Wildman–Crippen LogP) is 1.23. The summed E-state index contributed by atoms with van der Waals surface area (Å²) in [6.45, 7) is -0.146. The first-order valence-corrected chi connectivity index (χ1v) is 4.90. The Morgan fingerprint density at radius 2 is 2.44 bits per heavy atom. The van der Waals surface area contributed by atoms with Crippen LogP contribution in [-0.4, -0.2) is 30.4 Å². The molecule has 86 valence electrons. The van der Waals surface area contributed by atoms with E-state index in [1.807, 2.05) is 0 Å². The molecule has 1 N–H and O–H groups in total. The van der Waals surface area contributed by atoms with Gasteiger partial charge in [-0.25, -0.2) is 9.18 Å². The minimum Gasteiger partial charge on any atom is -0.487 e. The van der Waals surface area contributed by atoms with E-state index >= 15 is 0 Å². The van der Waals surface area contributed by atoms with E-state index < -0.39 is 5.97 Å². The number of aliphatic carboxylic acids is 1. The molecule has 2 rings (SSSR count). The van der Waals surface area contributed by atoms with Gasteiger partial charge in [0, 0.05) is 12.0 Å².